The summed E-state index contributed by atoms with van der Waals surface area (Å²) in [6.45, 7) is 10.2. The fraction of sp³-hybridized carbons (Fsp3) is 0.438. The first kappa shape index (κ1) is 33.0. The Bertz CT molecular complexity index is 1600. The molecule has 14 heteroatoms. The summed E-state index contributed by atoms with van der Waals surface area (Å²) in [6.07, 6.45) is -2.99. The zero-order valence-electron chi connectivity index (χ0n) is 26.1. The van der Waals surface area contributed by atoms with Crippen LogP contribution in [0, 0.1) is 18.6 Å². The minimum atomic E-state index is -5.11. The Kier molecular flexibility index (Phi) is 9.47. The summed E-state index contributed by atoms with van der Waals surface area (Å²) >= 11 is 0. The van der Waals surface area contributed by atoms with Crippen molar-refractivity contribution >= 4 is 35.1 Å². The van der Waals surface area contributed by atoms with Crippen LogP contribution in [-0.4, -0.2) is 71.7 Å². The van der Waals surface area contributed by atoms with Gasteiger partial charge in [-0.1, -0.05) is 25.5 Å². The Labute approximate surface area is 264 Å². The lowest BCUT2D eigenvalue weighted by atomic mass is 9.98. The lowest BCUT2D eigenvalue weighted by molar-refractivity contribution is -0.170. The first-order chi connectivity index (χ1) is 21.8. The fourth-order valence-electron chi connectivity index (χ4n) is 5.78. The number of halogens is 5. The number of benzene rings is 2. The summed E-state index contributed by atoms with van der Waals surface area (Å²) in [4.78, 5) is 41.0. The average molecular weight is 646 g/mol. The van der Waals surface area contributed by atoms with Crippen LogP contribution in [0.15, 0.2) is 36.4 Å². The summed E-state index contributed by atoms with van der Waals surface area (Å²) in [5, 5.41) is 2.63. The maximum atomic E-state index is 15.1. The van der Waals surface area contributed by atoms with E-state index in [1.807, 2.05) is 4.90 Å². The van der Waals surface area contributed by atoms with E-state index in [0.717, 1.165) is 49.5 Å². The molecule has 1 saturated heterocycles. The van der Waals surface area contributed by atoms with Crippen molar-refractivity contribution in [3.05, 3.63) is 59.2 Å². The number of unbranched alkanes of at least 4 members (excludes halogenated alkanes) is 1. The second-order valence-corrected chi connectivity index (χ2v) is 11.7. The number of nitrogens with one attached hydrogen (secondary N) is 1. The topological polar surface area (TPSA) is 84.9 Å². The molecule has 1 aromatic heterocycles. The Hall–Kier alpha value is -4.33. The third kappa shape index (κ3) is 6.48. The molecule has 1 fully saturated rings. The summed E-state index contributed by atoms with van der Waals surface area (Å²) in [6, 6.07) is 6.07. The second kappa shape index (κ2) is 13.2. The van der Waals surface area contributed by atoms with E-state index in [-0.39, 0.29) is 29.7 Å². The normalized spacial score (nSPS) is 15.7. The van der Waals surface area contributed by atoms with E-state index in [1.165, 1.54) is 32.0 Å². The predicted octanol–water partition coefficient (Wildman–Crippen LogP) is 6.32. The zero-order chi connectivity index (χ0) is 33.3. The molecule has 2 aliphatic heterocycles. The first-order valence-corrected chi connectivity index (χ1v) is 15.2. The van der Waals surface area contributed by atoms with Crippen LogP contribution in [0.25, 0.3) is 11.3 Å². The van der Waals surface area contributed by atoms with Gasteiger partial charge >= 0.3 is 18.1 Å². The molecule has 5 rings (SSSR count). The number of fused-ring (bicyclic) bond motifs is 1. The number of carbonyl (C=O) groups excluding carboxylic acids is 2. The lowest BCUT2D eigenvalue weighted by Gasteiger charge is -2.36. The van der Waals surface area contributed by atoms with Crippen LogP contribution in [0.2, 0.25) is 0 Å². The number of aromatic nitrogens is 2. The quantitative estimate of drug-likeness (QED) is 0.289. The third-order valence-electron chi connectivity index (χ3n) is 8.18. The van der Waals surface area contributed by atoms with Crippen LogP contribution in [-0.2, 0) is 11.3 Å². The first-order valence-electron chi connectivity index (χ1n) is 15.2. The number of urea groups is 1. The van der Waals surface area contributed by atoms with Crippen LogP contribution < -0.4 is 20.0 Å². The number of hydrogen-bond acceptors (Lipinski definition) is 6. The maximum Gasteiger partial charge on any atom is 0.471 e. The van der Waals surface area contributed by atoms with Crippen molar-refractivity contribution in [2.24, 2.45) is 0 Å². The highest BCUT2D eigenvalue weighted by atomic mass is 19.4. The van der Waals surface area contributed by atoms with Gasteiger partial charge in [-0.05, 0) is 63.6 Å². The predicted molar refractivity (Wildman–Crippen MR) is 165 cm³/mol. The van der Waals surface area contributed by atoms with Crippen molar-refractivity contribution in [3.63, 3.8) is 0 Å². The number of anilines is 4. The average Bonchev–Trinajstić information content (AvgIpc) is 3.01. The SMILES string of the molecule is CCCCN1CCN(c2nc(-c3cc(N(C(=O)C(F)(F)F)C(C)C)ccc3C)c3c(n2)N(c2c(F)cccc2F)C(=O)NC3)CC1. The monoisotopic (exact) mass is 645 g/mol. The van der Waals surface area contributed by atoms with Crippen molar-refractivity contribution < 1.29 is 31.5 Å². The summed E-state index contributed by atoms with van der Waals surface area (Å²) < 4.78 is 71.1. The van der Waals surface area contributed by atoms with E-state index >= 15 is 8.78 Å². The van der Waals surface area contributed by atoms with E-state index in [9.17, 15) is 22.8 Å². The molecule has 1 N–H and O–H groups in total. The number of amides is 3. The number of piperazine rings is 1. The van der Waals surface area contributed by atoms with E-state index in [0.29, 0.717) is 34.7 Å². The summed E-state index contributed by atoms with van der Waals surface area (Å²) in [5.74, 6) is -3.82. The smallest absolute Gasteiger partial charge is 0.338 e. The zero-order valence-corrected chi connectivity index (χ0v) is 26.1. The molecule has 0 radical (unpaired) electrons. The van der Waals surface area contributed by atoms with Crippen molar-refractivity contribution in [2.45, 2.75) is 59.3 Å². The van der Waals surface area contributed by atoms with E-state index < -0.39 is 41.5 Å². The van der Waals surface area contributed by atoms with E-state index in [2.05, 4.69) is 17.1 Å². The van der Waals surface area contributed by atoms with Gasteiger partial charge < -0.3 is 15.1 Å². The van der Waals surface area contributed by atoms with Gasteiger partial charge in [0.05, 0.1) is 12.2 Å². The number of hydrogen-bond donors (Lipinski definition) is 1. The molecule has 246 valence electrons. The van der Waals surface area contributed by atoms with E-state index in [1.54, 1.807) is 13.0 Å². The van der Waals surface area contributed by atoms with Gasteiger partial charge in [-0.3, -0.25) is 9.69 Å². The standard InChI is InChI=1S/C32H36F5N7O2/c1-5-6-12-41-13-15-42(16-14-41)30-39-26(22-17-21(11-10-20(22)4)43(19(2)3)29(45)32(35,36)37)23-18-38-31(46)44(28(23)40-30)27-24(33)8-7-9-25(27)34/h7-11,17,19H,5-6,12-16,18H2,1-4H3,(H,38,46). The van der Waals surface area contributed by atoms with Gasteiger partial charge in [-0.15, -0.1) is 0 Å². The number of nitrogens with zero attached hydrogens (tertiary/aromatic N) is 6. The van der Waals surface area contributed by atoms with Gasteiger partial charge in [0.25, 0.3) is 0 Å². The molecule has 0 saturated carbocycles. The Balaban J connectivity index is 1.69. The highest BCUT2D eigenvalue weighted by molar-refractivity contribution is 6.02. The third-order valence-corrected chi connectivity index (χ3v) is 8.18. The number of rotatable bonds is 8. The Morgan fingerprint density at radius 3 is 2.33 bits per heavy atom. The van der Waals surface area contributed by atoms with Crippen LogP contribution in [0.4, 0.5) is 49.9 Å². The molecular weight excluding hydrogens is 609 g/mol. The van der Waals surface area contributed by atoms with Crippen molar-refractivity contribution in [3.8, 4) is 11.3 Å². The Morgan fingerprint density at radius 1 is 1.04 bits per heavy atom. The van der Waals surface area contributed by atoms with Crippen molar-refractivity contribution in [1.29, 1.82) is 0 Å². The maximum absolute atomic E-state index is 15.1. The van der Waals surface area contributed by atoms with Crippen molar-refractivity contribution in [2.75, 3.05) is 47.4 Å². The molecule has 0 unspecified atom stereocenters. The Morgan fingerprint density at radius 2 is 1.72 bits per heavy atom. The molecule has 0 aliphatic carbocycles. The van der Waals surface area contributed by atoms with Gasteiger partial charge in [0.15, 0.2) is 5.82 Å². The minimum Gasteiger partial charge on any atom is -0.338 e. The number of carbonyl (C=O) groups is 2. The highest BCUT2D eigenvalue weighted by Gasteiger charge is 2.44. The van der Waals surface area contributed by atoms with Gasteiger partial charge in [0.1, 0.15) is 17.3 Å². The van der Waals surface area contributed by atoms with Crippen LogP contribution >= 0.6 is 0 Å². The van der Waals surface area contributed by atoms with Gasteiger partial charge in [0.2, 0.25) is 5.95 Å². The number of para-hydroxylation sites is 1. The molecule has 0 bridgehead atoms. The lowest BCUT2D eigenvalue weighted by Crippen LogP contribution is -2.48. The molecule has 0 spiro atoms. The molecule has 9 nitrogen and oxygen atoms in total. The number of aryl methyl sites for hydroxylation is 1. The fourth-order valence-corrected chi connectivity index (χ4v) is 5.78. The van der Waals surface area contributed by atoms with Crippen molar-refractivity contribution in [1.82, 2.24) is 20.2 Å². The molecule has 3 heterocycles. The van der Waals surface area contributed by atoms with Gasteiger partial charge in [-0.25, -0.2) is 23.5 Å². The van der Waals surface area contributed by atoms with E-state index in [4.69, 9.17) is 9.97 Å². The molecule has 46 heavy (non-hydrogen) atoms. The van der Waals surface area contributed by atoms with Crippen LogP contribution in [0.5, 0.6) is 0 Å². The molecule has 2 aromatic carbocycles. The number of alkyl halides is 3. The summed E-state index contributed by atoms with van der Waals surface area (Å²) in [5.41, 5.74) is 0.943. The minimum absolute atomic E-state index is 0.00627. The second-order valence-electron chi connectivity index (χ2n) is 11.7. The summed E-state index contributed by atoms with van der Waals surface area (Å²) in [7, 11) is 0. The highest BCUT2D eigenvalue weighted by Crippen LogP contribution is 2.41. The molecule has 3 amide bonds. The molecular formula is C32H36F5N7O2. The van der Waals surface area contributed by atoms with Gasteiger partial charge in [0, 0.05) is 49.0 Å². The molecule has 3 aromatic rings. The molecule has 0 atom stereocenters. The van der Waals surface area contributed by atoms with Crippen LogP contribution in [0.1, 0.15) is 44.7 Å². The largest absolute Gasteiger partial charge is 0.471 e. The van der Waals surface area contributed by atoms with Gasteiger partial charge in [-0.2, -0.15) is 18.2 Å². The molecule has 2 aliphatic rings. The van der Waals surface area contributed by atoms with Crippen LogP contribution in [0.3, 0.4) is 0 Å².